The van der Waals surface area contributed by atoms with Crippen molar-refractivity contribution in [2.75, 3.05) is 13.7 Å². The third-order valence-electron chi connectivity index (χ3n) is 6.48. The van der Waals surface area contributed by atoms with E-state index in [0.717, 1.165) is 36.8 Å². The van der Waals surface area contributed by atoms with Crippen LogP contribution in [0, 0.1) is 17.0 Å². The number of amides is 2. The number of carbonyl (C=O) groups is 2. The molecule has 1 unspecified atom stereocenters. The summed E-state index contributed by atoms with van der Waals surface area (Å²) in [5, 5.41) is 14.3. The van der Waals surface area contributed by atoms with Gasteiger partial charge >= 0.3 is 5.69 Å². The molecule has 2 aromatic carbocycles. The first kappa shape index (κ1) is 27.0. The van der Waals surface area contributed by atoms with Crippen LogP contribution in [-0.2, 0) is 16.1 Å². The molecule has 9 heteroatoms. The van der Waals surface area contributed by atoms with Crippen LogP contribution in [0.15, 0.2) is 42.5 Å². The number of ether oxygens (including phenoxy) is 2. The average Bonchev–Trinajstić information content (AvgIpc) is 2.87. The van der Waals surface area contributed by atoms with Crippen molar-refractivity contribution < 1.29 is 24.0 Å². The molecule has 2 amide bonds. The van der Waals surface area contributed by atoms with Gasteiger partial charge in [-0.25, -0.2) is 0 Å². The molecule has 0 heterocycles. The summed E-state index contributed by atoms with van der Waals surface area (Å²) in [4.78, 5) is 38.9. The van der Waals surface area contributed by atoms with Crippen molar-refractivity contribution in [3.8, 4) is 11.5 Å². The van der Waals surface area contributed by atoms with E-state index in [1.807, 2.05) is 38.1 Å². The van der Waals surface area contributed by atoms with Gasteiger partial charge in [-0.15, -0.1) is 0 Å². The molecule has 9 nitrogen and oxygen atoms in total. The molecule has 1 aliphatic carbocycles. The van der Waals surface area contributed by atoms with Crippen molar-refractivity contribution in [1.82, 2.24) is 10.2 Å². The molecule has 1 N–H and O–H groups in total. The van der Waals surface area contributed by atoms with Crippen molar-refractivity contribution >= 4 is 17.5 Å². The van der Waals surface area contributed by atoms with Gasteiger partial charge in [0, 0.05) is 24.7 Å². The fraction of sp³-hybridized carbons (Fsp3) is 0.481. The summed E-state index contributed by atoms with van der Waals surface area (Å²) in [6.45, 7) is 3.82. The Labute approximate surface area is 211 Å². The van der Waals surface area contributed by atoms with Gasteiger partial charge in [0.1, 0.15) is 11.8 Å². The lowest BCUT2D eigenvalue weighted by atomic mass is 9.95. The topological polar surface area (TPSA) is 111 Å². The highest BCUT2D eigenvalue weighted by Gasteiger charge is 2.30. The number of nitrogens with one attached hydrogen (secondary N) is 1. The molecule has 1 aliphatic rings. The van der Waals surface area contributed by atoms with Gasteiger partial charge in [-0.2, -0.15) is 0 Å². The first-order valence-corrected chi connectivity index (χ1v) is 12.4. The van der Waals surface area contributed by atoms with E-state index in [0.29, 0.717) is 6.42 Å². The number of hydrogen-bond acceptors (Lipinski definition) is 6. The van der Waals surface area contributed by atoms with Gasteiger partial charge in [-0.3, -0.25) is 19.7 Å². The largest absolute Gasteiger partial charge is 0.490 e. The molecule has 0 radical (unpaired) electrons. The molecule has 3 rings (SSSR count). The molecule has 36 heavy (non-hydrogen) atoms. The molecule has 0 spiro atoms. The molecule has 2 aromatic rings. The zero-order chi connectivity index (χ0) is 26.1. The average molecular weight is 498 g/mol. The summed E-state index contributed by atoms with van der Waals surface area (Å²) in [7, 11) is 1.33. The van der Waals surface area contributed by atoms with Gasteiger partial charge < -0.3 is 19.7 Å². The number of benzene rings is 2. The Morgan fingerprint density at radius 1 is 1.17 bits per heavy atom. The molecule has 0 aromatic heterocycles. The van der Waals surface area contributed by atoms with E-state index in [9.17, 15) is 19.7 Å². The van der Waals surface area contributed by atoms with Gasteiger partial charge in [-0.1, -0.05) is 56.0 Å². The van der Waals surface area contributed by atoms with E-state index in [-0.39, 0.29) is 48.2 Å². The van der Waals surface area contributed by atoms with Crippen LogP contribution in [0.2, 0.25) is 0 Å². The minimum atomic E-state index is -0.644. The van der Waals surface area contributed by atoms with Crippen molar-refractivity contribution in [2.24, 2.45) is 0 Å². The highest BCUT2D eigenvalue weighted by molar-refractivity contribution is 5.88. The number of carbonyl (C=O) groups excluding carboxylic acids is 2. The van der Waals surface area contributed by atoms with Crippen LogP contribution in [0.3, 0.4) is 0 Å². The summed E-state index contributed by atoms with van der Waals surface area (Å²) in [5.74, 6) is -0.192. The summed E-state index contributed by atoms with van der Waals surface area (Å²) >= 11 is 0. The van der Waals surface area contributed by atoms with Crippen LogP contribution in [0.25, 0.3) is 0 Å². The van der Waals surface area contributed by atoms with Gasteiger partial charge in [0.15, 0.2) is 6.61 Å². The zero-order valence-electron chi connectivity index (χ0n) is 21.2. The highest BCUT2D eigenvalue weighted by atomic mass is 16.6. The van der Waals surface area contributed by atoms with E-state index >= 15 is 0 Å². The van der Waals surface area contributed by atoms with Crippen molar-refractivity contribution in [2.45, 2.75) is 71.0 Å². The number of hydrogen-bond donors (Lipinski definition) is 1. The first-order chi connectivity index (χ1) is 17.3. The van der Waals surface area contributed by atoms with Crippen LogP contribution in [0.1, 0.15) is 56.6 Å². The second-order valence-corrected chi connectivity index (χ2v) is 9.16. The second kappa shape index (κ2) is 12.9. The maximum absolute atomic E-state index is 13.4. The molecule has 0 aliphatic heterocycles. The predicted octanol–water partition coefficient (Wildman–Crippen LogP) is 4.55. The van der Waals surface area contributed by atoms with Crippen LogP contribution in [0.5, 0.6) is 11.5 Å². The lowest BCUT2D eigenvalue weighted by Crippen LogP contribution is -2.52. The Kier molecular flexibility index (Phi) is 9.67. The Morgan fingerprint density at radius 2 is 1.92 bits per heavy atom. The Hall–Kier alpha value is -3.62. The smallest absolute Gasteiger partial charge is 0.311 e. The third kappa shape index (κ3) is 7.19. The lowest BCUT2D eigenvalue weighted by molar-refractivity contribution is -0.385. The molecule has 1 atom stereocenters. The minimum Gasteiger partial charge on any atom is -0.490 e. The van der Waals surface area contributed by atoms with Gasteiger partial charge in [-0.05, 0) is 37.8 Å². The Morgan fingerprint density at radius 3 is 2.56 bits per heavy atom. The zero-order valence-corrected chi connectivity index (χ0v) is 21.2. The number of rotatable bonds is 11. The SMILES string of the molecule is CCC(C(=O)NC1CCCCC1)N(Cc1cccc(C)c1)C(=O)COc1ccc([N+](=O)[O-])c(OC)c1. The molecular weight excluding hydrogens is 462 g/mol. The maximum Gasteiger partial charge on any atom is 0.311 e. The molecular formula is C27H35N3O6. The molecule has 1 saturated carbocycles. The summed E-state index contributed by atoms with van der Waals surface area (Å²) in [6.07, 6.45) is 5.76. The lowest BCUT2D eigenvalue weighted by Gasteiger charge is -2.32. The van der Waals surface area contributed by atoms with Crippen LogP contribution in [0.4, 0.5) is 5.69 Å². The van der Waals surface area contributed by atoms with E-state index in [1.54, 1.807) is 4.90 Å². The number of methoxy groups -OCH3 is 1. The first-order valence-electron chi connectivity index (χ1n) is 12.4. The number of nitro groups is 1. The molecule has 0 bridgehead atoms. The van der Waals surface area contributed by atoms with E-state index in [2.05, 4.69) is 5.32 Å². The quantitative estimate of drug-likeness (QED) is 0.360. The molecule has 194 valence electrons. The van der Waals surface area contributed by atoms with E-state index in [4.69, 9.17) is 9.47 Å². The number of aryl methyl sites for hydroxylation is 1. The monoisotopic (exact) mass is 497 g/mol. The Balaban J connectivity index is 1.78. The third-order valence-corrected chi connectivity index (χ3v) is 6.48. The molecule has 1 fully saturated rings. The highest BCUT2D eigenvalue weighted by Crippen LogP contribution is 2.31. The minimum absolute atomic E-state index is 0.0415. The molecule has 0 saturated heterocycles. The Bertz CT molecular complexity index is 1070. The van der Waals surface area contributed by atoms with Crippen molar-refractivity contribution in [3.63, 3.8) is 0 Å². The standard InChI is InChI=1S/C27H35N3O6/c1-4-23(27(32)28-21-11-6-5-7-12-21)29(17-20-10-8-9-19(2)15-20)26(31)18-36-22-13-14-24(30(33)34)25(16-22)35-3/h8-10,13-16,21,23H,4-7,11-12,17-18H2,1-3H3,(H,28,32). The maximum atomic E-state index is 13.4. The summed E-state index contributed by atoms with van der Waals surface area (Å²) < 4.78 is 10.8. The van der Waals surface area contributed by atoms with Crippen molar-refractivity contribution in [3.05, 3.63) is 63.7 Å². The van der Waals surface area contributed by atoms with Crippen molar-refractivity contribution in [1.29, 1.82) is 0 Å². The van der Waals surface area contributed by atoms with E-state index < -0.39 is 11.0 Å². The second-order valence-electron chi connectivity index (χ2n) is 9.16. The van der Waals surface area contributed by atoms with Crippen LogP contribution < -0.4 is 14.8 Å². The fourth-order valence-corrected chi connectivity index (χ4v) is 4.60. The fourth-order valence-electron chi connectivity index (χ4n) is 4.60. The predicted molar refractivity (Wildman–Crippen MR) is 136 cm³/mol. The van der Waals surface area contributed by atoms with Gasteiger partial charge in [0.2, 0.25) is 11.7 Å². The summed E-state index contributed by atoms with van der Waals surface area (Å²) in [5.41, 5.74) is 1.79. The van der Waals surface area contributed by atoms with Gasteiger partial charge in [0.25, 0.3) is 5.91 Å². The van der Waals surface area contributed by atoms with Crippen LogP contribution in [-0.4, -0.2) is 47.4 Å². The summed E-state index contributed by atoms with van der Waals surface area (Å²) in [6, 6.07) is 11.4. The van der Waals surface area contributed by atoms with E-state index in [1.165, 1.54) is 31.7 Å². The number of nitrogens with zero attached hydrogens (tertiary/aromatic N) is 2. The normalized spacial score (nSPS) is 14.5. The van der Waals surface area contributed by atoms with Crippen LogP contribution >= 0.6 is 0 Å². The van der Waals surface area contributed by atoms with Gasteiger partial charge in [0.05, 0.1) is 12.0 Å². The number of nitro benzene ring substituents is 1.